The zero-order valence-corrected chi connectivity index (χ0v) is 8.86. The third kappa shape index (κ3) is 3.09. The van der Waals surface area contributed by atoms with Gasteiger partial charge in [0.2, 0.25) is 0 Å². The molecule has 0 radical (unpaired) electrons. The molecule has 66 valence electrons. The van der Waals surface area contributed by atoms with Crippen LogP contribution in [0.3, 0.4) is 0 Å². The van der Waals surface area contributed by atoms with E-state index in [1.807, 2.05) is 0 Å². The summed E-state index contributed by atoms with van der Waals surface area (Å²) in [4.78, 5) is 0. The summed E-state index contributed by atoms with van der Waals surface area (Å²) in [5, 5.41) is 0. The normalized spacial score (nSPS) is 13.7. The fraction of sp³-hybridized carbons (Fsp3) is 0.818. The number of allylic oxidation sites excluding steroid dienone is 1. The fourth-order valence-corrected chi connectivity index (χ4v) is 2.01. The van der Waals surface area contributed by atoms with Gasteiger partial charge in [-0.3, -0.25) is 0 Å². The average molecular weight is 154 g/mol. The van der Waals surface area contributed by atoms with Crippen molar-refractivity contribution < 1.29 is 0 Å². The summed E-state index contributed by atoms with van der Waals surface area (Å²) >= 11 is 0. The first-order valence-electron chi connectivity index (χ1n) is 4.32. The second-order valence-corrected chi connectivity index (χ2v) is 5.45. The van der Waals surface area contributed by atoms with E-state index in [4.69, 9.17) is 0 Å². The Morgan fingerprint density at radius 1 is 0.909 bits per heavy atom. The van der Waals surface area contributed by atoms with Crippen molar-refractivity contribution in [3.8, 4) is 0 Å². The van der Waals surface area contributed by atoms with Crippen molar-refractivity contribution in [3.63, 3.8) is 0 Å². The van der Waals surface area contributed by atoms with Crippen LogP contribution in [0.5, 0.6) is 0 Å². The molecule has 0 spiro atoms. The first kappa shape index (κ1) is 10.7. The van der Waals surface area contributed by atoms with E-state index in [1.165, 1.54) is 0 Å². The van der Waals surface area contributed by atoms with Gasteiger partial charge < -0.3 is 0 Å². The molecule has 0 nitrogen and oxygen atoms in total. The summed E-state index contributed by atoms with van der Waals surface area (Å²) in [7, 11) is 0. The van der Waals surface area contributed by atoms with E-state index < -0.39 is 0 Å². The molecule has 0 fully saturated rings. The van der Waals surface area contributed by atoms with Gasteiger partial charge in [0.15, 0.2) is 0 Å². The Balaban J connectivity index is 4.56. The maximum absolute atomic E-state index is 3.89. The average Bonchev–Trinajstić information content (AvgIpc) is 1.56. The maximum atomic E-state index is 3.89. The molecule has 0 bridgehead atoms. The van der Waals surface area contributed by atoms with Crippen LogP contribution in [0, 0.1) is 16.7 Å². The Morgan fingerprint density at radius 2 is 1.18 bits per heavy atom. The number of hydrogen-bond acceptors (Lipinski definition) is 0. The lowest BCUT2D eigenvalue weighted by Gasteiger charge is -2.38. The topological polar surface area (TPSA) is 0 Å². The third-order valence-corrected chi connectivity index (χ3v) is 2.10. The number of rotatable bonds is 1. The second kappa shape index (κ2) is 3.00. The Labute approximate surface area is 71.7 Å². The molecule has 0 unspecified atom stereocenters. The lowest BCUT2D eigenvalue weighted by molar-refractivity contribution is 0.149. The van der Waals surface area contributed by atoms with Gasteiger partial charge in [-0.05, 0) is 16.7 Å². The summed E-state index contributed by atoms with van der Waals surface area (Å²) in [5.74, 6) is 0.579. The molecule has 0 atom stereocenters. The summed E-state index contributed by atoms with van der Waals surface area (Å²) in [6.07, 6.45) is 2.08. The van der Waals surface area contributed by atoms with Crippen LogP contribution < -0.4 is 0 Å². The lowest BCUT2D eigenvalue weighted by atomic mass is 9.67. The summed E-state index contributed by atoms with van der Waals surface area (Å²) in [6.45, 7) is 17.5. The van der Waals surface area contributed by atoms with Crippen molar-refractivity contribution in [2.45, 2.75) is 41.5 Å². The molecule has 0 heteroatoms. The van der Waals surface area contributed by atoms with Gasteiger partial charge in [-0.25, -0.2) is 0 Å². The van der Waals surface area contributed by atoms with E-state index in [-0.39, 0.29) is 0 Å². The molecule has 0 heterocycles. The molecule has 0 aromatic rings. The van der Waals surface area contributed by atoms with Crippen LogP contribution >= 0.6 is 0 Å². The van der Waals surface area contributed by atoms with Crippen LogP contribution in [-0.4, -0.2) is 0 Å². The Bertz CT molecular complexity index is 115. The largest absolute Gasteiger partial charge is 0.103 e. The molecule has 0 amide bonds. The van der Waals surface area contributed by atoms with E-state index in [0.717, 1.165) is 0 Å². The minimum atomic E-state index is 0.333. The predicted octanol–water partition coefficient (Wildman–Crippen LogP) is 3.88. The molecule has 0 saturated heterocycles. The highest BCUT2D eigenvalue weighted by molar-refractivity contribution is 4.94. The van der Waals surface area contributed by atoms with Gasteiger partial charge in [-0.1, -0.05) is 47.6 Å². The highest BCUT2D eigenvalue weighted by Crippen LogP contribution is 2.40. The summed E-state index contributed by atoms with van der Waals surface area (Å²) in [6, 6.07) is 0. The summed E-state index contributed by atoms with van der Waals surface area (Å²) < 4.78 is 0. The van der Waals surface area contributed by atoms with Crippen LogP contribution in [0.15, 0.2) is 12.7 Å². The standard InChI is InChI=1S/C11H22/c1-8-9(10(2,3)4)11(5,6)7/h8-9H,1H2,2-7H3. The molecule has 0 aliphatic carbocycles. The van der Waals surface area contributed by atoms with Crippen LogP contribution in [0.25, 0.3) is 0 Å². The first-order valence-corrected chi connectivity index (χ1v) is 4.32. The molecule has 0 aliphatic heterocycles. The van der Waals surface area contributed by atoms with E-state index >= 15 is 0 Å². The molecule has 0 aromatic carbocycles. The van der Waals surface area contributed by atoms with E-state index in [0.29, 0.717) is 16.7 Å². The zero-order chi connectivity index (χ0) is 9.28. The minimum absolute atomic E-state index is 0.333. The van der Waals surface area contributed by atoms with Gasteiger partial charge in [0.05, 0.1) is 0 Å². The first-order chi connectivity index (χ1) is 4.69. The van der Waals surface area contributed by atoms with Crippen molar-refractivity contribution >= 4 is 0 Å². The number of hydrogen-bond donors (Lipinski definition) is 0. The molecule has 0 N–H and O–H groups in total. The van der Waals surface area contributed by atoms with Crippen molar-refractivity contribution in [1.29, 1.82) is 0 Å². The van der Waals surface area contributed by atoms with Crippen molar-refractivity contribution in [3.05, 3.63) is 12.7 Å². The fourth-order valence-electron chi connectivity index (χ4n) is 2.01. The van der Waals surface area contributed by atoms with E-state index in [1.54, 1.807) is 0 Å². The van der Waals surface area contributed by atoms with Crippen LogP contribution in [0.4, 0.5) is 0 Å². The van der Waals surface area contributed by atoms with Gasteiger partial charge in [0.1, 0.15) is 0 Å². The Hall–Kier alpha value is -0.260. The zero-order valence-electron chi connectivity index (χ0n) is 8.86. The van der Waals surface area contributed by atoms with Crippen molar-refractivity contribution in [2.75, 3.05) is 0 Å². The van der Waals surface area contributed by atoms with Gasteiger partial charge in [0, 0.05) is 0 Å². The molecule has 0 aromatic heterocycles. The van der Waals surface area contributed by atoms with Crippen molar-refractivity contribution in [1.82, 2.24) is 0 Å². The SMILES string of the molecule is C=CC(C(C)(C)C)C(C)(C)C. The van der Waals surface area contributed by atoms with Crippen molar-refractivity contribution in [2.24, 2.45) is 16.7 Å². The maximum Gasteiger partial charge on any atom is -0.0139 e. The Kier molecular flexibility index (Phi) is 2.93. The molecule has 0 rings (SSSR count). The minimum Gasteiger partial charge on any atom is -0.103 e. The molecule has 11 heavy (non-hydrogen) atoms. The van der Waals surface area contributed by atoms with Crippen LogP contribution in [-0.2, 0) is 0 Å². The van der Waals surface area contributed by atoms with E-state index in [2.05, 4.69) is 54.2 Å². The highest BCUT2D eigenvalue weighted by atomic mass is 14.4. The second-order valence-electron chi connectivity index (χ2n) is 5.45. The molecular formula is C11H22. The predicted molar refractivity (Wildman–Crippen MR) is 52.6 cm³/mol. The molecular weight excluding hydrogens is 132 g/mol. The Morgan fingerprint density at radius 3 is 1.18 bits per heavy atom. The van der Waals surface area contributed by atoms with Gasteiger partial charge in [-0.2, -0.15) is 0 Å². The molecule has 0 saturated carbocycles. The highest BCUT2D eigenvalue weighted by Gasteiger charge is 2.31. The van der Waals surface area contributed by atoms with Gasteiger partial charge >= 0.3 is 0 Å². The van der Waals surface area contributed by atoms with Crippen LogP contribution in [0.1, 0.15) is 41.5 Å². The lowest BCUT2D eigenvalue weighted by Crippen LogP contribution is -2.30. The van der Waals surface area contributed by atoms with Gasteiger partial charge in [-0.15, -0.1) is 6.58 Å². The quantitative estimate of drug-likeness (QED) is 0.503. The van der Waals surface area contributed by atoms with Gasteiger partial charge in [0.25, 0.3) is 0 Å². The monoisotopic (exact) mass is 154 g/mol. The third-order valence-electron chi connectivity index (χ3n) is 2.10. The summed E-state index contributed by atoms with van der Waals surface area (Å²) in [5.41, 5.74) is 0.667. The van der Waals surface area contributed by atoms with Crippen LogP contribution in [0.2, 0.25) is 0 Å². The smallest absolute Gasteiger partial charge is 0.0139 e. The van der Waals surface area contributed by atoms with E-state index in [9.17, 15) is 0 Å². The molecule has 0 aliphatic rings.